The number of hydrogen-bond donors (Lipinski definition) is 3. The second-order valence-corrected chi connectivity index (χ2v) is 3.18. The van der Waals surface area contributed by atoms with Crippen LogP contribution in [-0.4, -0.2) is 17.3 Å². The highest BCUT2D eigenvalue weighted by molar-refractivity contribution is 14.1. The summed E-state index contributed by atoms with van der Waals surface area (Å²) in [5.41, 5.74) is 7.04. The second-order valence-electron chi connectivity index (χ2n) is 1.93. The summed E-state index contributed by atoms with van der Waals surface area (Å²) < 4.78 is 0.139. The van der Waals surface area contributed by atoms with Crippen LogP contribution in [0, 0.1) is 5.41 Å². The van der Waals surface area contributed by atoms with Crippen LogP contribution in [0.25, 0.3) is 0 Å². The predicted octanol–water partition coefficient (Wildman–Crippen LogP) is 0.849. The fourth-order valence-electron chi connectivity index (χ4n) is 0.542. The van der Waals surface area contributed by atoms with Crippen LogP contribution in [0.5, 0.6) is 0 Å². The van der Waals surface area contributed by atoms with E-state index in [1.165, 1.54) is 6.21 Å². The summed E-state index contributed by atoms with van der Waals surface area (Å²) in [6.07, 6.45) is 1.28. The molecule has 0 radical (unpaired) electrons. The molecule has 0 fully saturated rings. The van der Waals surface area contributed by atoms with Crippen molar-refractivity contribution in [2.45, 2.75) is 11.0 Å². The maximum absolute atomic E-state index is 7.02. The summed E-state index contributed by atoms with van der Waals surface area (Å²) in [5, 5.41) is 10.0. The van der Waals surface area contributed by atoms with E-state index in [0.717, 1.165) is 5.57 Å². The molecule has 0 spiro atoms. The largest absolute Gasteiger partial charge is 0.402 e. The zero-order chi connectivity index (χ0) is 8.15. The molecule has 0 aromatic carbocycles. The third kappa shape index (κ3) is 2.66. The minimum Gasteiger partial charge on any atom is -0.402 e. The third-order valence-electron chi connectivity index (χ3n) is 1.14. The molecule has 3 nitrogen and oxygen atoms in total. The molecular weight excluding hydrogens is 241 g/mol. The van der Waals surface area contributed by atoms with E-state index in [-0.39, 0.29) is 4.05 Å². The molecule has 0 aliphatic carbocycles. The molecule has 0 heterocycles. The van der Waals surface area contributed by atoms with Crippen LogP contribution >= 0.6 is 22.6 Å². The number of alkyl halides is 1. The van der Waals surface area contributed by atoms with Gasteiger partial charge in [-0.15, -0.1) is 0 Å². The van der Waals surface area contributed by atoms with Crippen LogP contribution in [0.3, 0.4) is 0 Å². The number of nitrogens with two attached hydrogens (primary N) is 1. The Kier molecular flexibility index (Phi) is 4.63. The van der Waals surface area contributed by atoms with Gasteiger partial charge in [-0.2, -0.15) is 0 Å². The van der Waals surface area contributed by atoms with E-state index in [4.69, 9.17) is 11.1 Å². The van der Waals surface area contributed by atoms with E-state index >= 15 is 0 Å². The number of rotatable bonds is 3. The number of allylic oxidation sites excluding steroid dienone is 1. The zero-order valence-corrected chi connectivity index (χ0v) is 8.27. The van der Waals surface area contributed by atoms with Crippen molar-refractivity contribution in [1.29, 1.82) is 5.41 Å². The summed E-state index contributed by atoms with van der Waals surface area (Å²) in [5.74, 6) is 0. The van der Waals surface area contributed by atoms with E-state index in [0.29, 0.717) is 5.70 Å². The summed E-state index contributed by atoms with van der Waals surface area (Å²) in [4.78, 5) is 0. The van der Waals surface area contributed by atoms with Crippen LogP contribution in [0.2, 0.25) is 0 Å². The second kappa shape index (κ2) is 4.68. The molecule has 0 amide bonds. The van der Waals surface area contributed by atoms with Crippen molar-refractivity contribution in [2.75, 3.05) is 7.05 Å². The van der Waals surface area contributed by atoms with E-state index in [1.807, 2.05) is 7.05 Å². The van der Waals surface area contributed by atoms with Gasteiger partial charge in [0.25, 0.3) is 0 Å². The normalized spacial score (nSPS) is 15.9. The number of halogens is 1. The van der Waals surface area contributed by atoms with Gasteiger partial charge in [0.05, 0.1) is 4.05 Å². The first-order valence-electron chi connectivity index (χ1n) is 2.91. The lowest BCUT2D eigenvalue weighted by atomic mass is 10.2. The Labute approximate surface area is 74.7 Å². The van der Waals surface area contributed by atoms with Gasteiger partial charge < -0.3 is 16.5 Å². The molecule has 4 N–H and O–H groups in total. The Morgan fingerprint density at radius 2 is 2.30 bits per heavy atom. The fraction of sp³-hybridized carbons (Fsp3) is 0.500. The fourth-order valence-corrected chi connectivity index (χ4v) is 1.21. The van der Waals surface area contributed by atoms with Crippen LogP contribution in [0.15, 0.2) is 11.3 Å². The van der Waals surface area contributed by atoms with E-state index in [9.17, 15) is 0 Å². The highest BCUT2D eigenvalue weighted by atomic mass is 127. The maximum atomic E-state index is 7.02. The lowest BCUT2D eigenvalue weighted by Gasteiger charge is -2.09. The highest BCUT2D eigenvalue weighted by Crippen LogP contribution is 2.08. The van der Waals surface area contributed by atoms with E-state index in [1.54, 1.807) is 6.92 Å². The SMILES string of the molecule is CNC(I)/C(C=N)=C(\C)N. The summed E-state index contributed by atoms with van der Waals surface area (Å²) >= 11 is 2.18. The molecule has 4 heteroatoms. The lowest BCUT2D eigenvalue weighted by molar-refractivity contribution is 0.867. The number of hydrogen-bond acceptors (Lipinski definition) is 3. The van der Waals surface area contributed by atoms with Crippen molar-refractivity contribution in [3.63, 3.8) is 0 Å². The molecule has 0 bridgehead atoms. The Bertz CT molecular complexity index is 149. The molecule has 0 saturated heterocycles. The smallest absolute Gasteiger partial charge is 0.0878 e. The van der Waals surface area contributed by atoms with Crippen LogP contribution in [0.4, 0.5) is 0 Å². The van der Waals surface area contributed by atoms with Gasteiger partial charge in [0.1, 0.15) is 0 Å². The predicted molar refractivity (Wildman–Crippen MR) is 52.5 cm³/mol. The summed E-state index contributed by atoms with van der Waals surface area (Å²) in [6, 6.07) is 0. The molecule has 10 heavy (non-hydrogen) atoms. The average molecular weight is 253 g/mol. The standard InChI is InChI=1S/C6H12IN3/c1-4(9)5(3-8)6(7)10-2/h3,6,8,10H,9H2,1-2H3/b5-4+,8-3?. The molecule has 58 valence electrons. The number of likely N-dealkylation sites (N-methyl/N-ethyl adjacent to an activating group) is 1. The topological polar surface area (TPSA) is 61.9 Å². The maximum Gasteiger partial charge on any atom is 0.0878 e. The van der Waals surface area contributed by atoms with Gasteiger partial charge >= 0.3 is 0 Å². The van der Waals surface area contributed by atoms with Crippen LogP contribution < -0.4 is 11.1 Å². The first kappa shape index (κ1) is 9.90. The number of nitrogens with one attached hydrogen (secondary N) is 2. The minimum absolute atomic E-state index is 0.139. The summed E-state index contributed by atoms with van der Waals surface area (Å²) in [7, 11) is 1.84. The van der Waals surface area contributed by atoms with E-state index < -0.39 is 0 Å². The van der Waals surface area contributed by atoms with Crippen molar-refractivity contribution in [3.05, 3.63) is 11.3 Å². The highest BCUT2D eigenvalue weighted by Gasteiger charge is 2.05. The van der Waals surface area contributed by atoms with Crippen LogP contribution in [-0.2, 0) is 0 Å². The van der Waals surface area contributed by atoms with Crippen molar-refractivity contribution in [1.82, 2.24) is 5.32 Å². The molecule has 0 rings (SSSR count). The van der Waals surface area contributed by atoms with Crippen molar-refractivity contribution in [2.24, 2.45) is 5.73 Å². The minimum atomic E-state index is 0.139. The Balaban J connectivity index is 4.36. The van der Waals surface area contributed by atoms with Gasteiger partial charge in [-0.25, -0.2) is 0 Å². The average Bonchev–Trinajstić information content (AvgIpc) is 1.88. The van der Waals surface area contributed by atoms with Gasteiger partial charge in [-0.3, -0.25) is 0 Å². The Morgan fingerprint density at radius 3 is 2.40 bits per heavy atom. The van der Waals surface area contributed by atoms with Crippen molar-refractivity contribution in [3.8, 4) is 0 Å². The molecule has 0 aliphatic rings. The first-order valence-corrected chi connectivity index (χ1v) is 4.16. The summed E-state index contributed by atoms with van der Waals surface area (Å²) in [6.45, 7) is 1.80. The molecule has 0 aromatic rings. The van der Waals surface area contributed by atoms with Crippen LogP contribution in [0.1, 0.15) is 6.92 Å². The molecule has 1 atom stereocenters. The third-order valence-corrected chi connectivity index (χ3v) is 2.43. The lowest BCUT2D eigenvalue weighted by Crippen LogP contribution is -2.23. The van der Waals surface area contributed by atoms with Gasteiger partial charge in [-0.05, 0) is 14.0 Å². The monoisotopic (exact) mass is 253 g/mol. The Morgan fingerprint density at radius 1 is 1.80 bits per heavy atom. The van der Waals surface area contributed by atoms with Crippen molar-refractivity contribution < 1.29 is 0 Å². The Hall–Kier alpha value is -0.100. The molecular formula is C6H12IN3. The van der Waals surface area contributed by atoms with Gasteiger partial charge in [0.2, 0.25) is 0 Å². The molecule has 0 saturated carbocycles. The van der Waals surface area contributed by atoms with E-state index in [2.05, 4.69) is 27.9 Å². The molecule has 0 aromatic heterocycles. The molecule has 0 aliphatic heterocycles. The first-order chi connectivity index (χ1) is 4.63. The van der Waals surface area contributed by atoms with Crippen molar-refractivity contribution >= 4 is 28.8 Å². The van der Waals surface area contributed by atoms with Gasteiger partial charge in [0.15, 0.2) is 0 Å². The van der Waals surface area contributed by atoms with Gasteiger partial charge in [0, 0.05) is 17.5 Å². The molecule has 1 unspecified atom stereocenters. The quantitative estimate of drug-likeness (QED) is 0.302. The zero-order valence-electron chi connectivity index (χ0n) is 6.11. The van der Waals surface area contributed by atoms with Gasteiger partial charge in [-0.1, -0.05) is 22.6 Å².